The van der Waals surface area contributed by atoms with Crippen molar-refractivity contribution in [3.63, 3.8) is 0 Å². The maximum Gasteiger partial charge on any atom is 0.152 e. The van der Waals surface area contributed by atoms with E-state index in [9.17, 15) is 4.79 Å². The van der Waals surface area contributed by atoms with E-state index in [0.29, 0.717) is 24.4 Å². The van der Waals surface area contributed by atoms with Gasteiger partial charge in [0.15, 0.2) is 5.78 Å². The summed E-state index contributed by atoms with van der Waals surface area (Å²) in [5, 5.41) is 3.26. The van der Waals surface area contributed by atoms with E-state index in [1.54, 1.807) is 0 Å². The van der Waals surface area contributed by atoms with Crippen molar-refractivity contribution in [3.05, 3.63) is 0 Å². The number of carbonyl (C=O) groups excluding carboxylic acids is 1. The number of hydrogen-bond donors (Lipinski definition) is 1. The number of fused-ring (bicyclic) bond motifs is 1. The van der Waals surface area contributed by atoms with Crippen molar-refractivity contribution in [1.82, 2.24) is 10.2 Å². The van der Waals surface area contributed by atoms with E-state index in [1.165, 1.54) is 0 Å². The molecule has 12 heavy (non-hydrogen) atoms. The van der Waals surface area contributed by atoms with E-state index in [2.05, 4.69) is 24.1 Å². The van der Waals surface area contributed by atoms with E-state index in [4.69, 9.17) is 0 Å². The summed E-state index contributed by atoms with van der Waals surface area (Å²) in [6.07, 6.45) is 0. The molecule has 3 nitrogen and oxygen atoms in total. The van der Waals surface area contributed by atoms with E-state index in [-0.39, 0.29) is 5.92 Å². The topological polar surface area (TPSA) is 32.3 Å². The Bertz CT molecular complexity index is 203. The van der Waals surface area contributed by atoms with Gasteiger partial charge in [-0.2, -0.15) is 0 Å². The predicted octanol–water partition coefficient (Wildman–Crippen LogP) is -0.132. The molecule has 2 heterocycles. The highest BCUT2D eigenvalue weighted by atomic mass is 16.1. The largest absolute Gasteiger partial charge is 0.305 e. The van der Waals surface area contributed by atoms with Gasteiger partial charge in [0.05, 0.1) is 6.54 Å². The molecule has 2 aliphatic heterocycles. The lowest BCUT2D eigenvalue weighted by atomic mass is 10.0. The minimum atomic E-state index is 0.285. The van der Waals surface area contributed by atoms with Gasteiger partial charge in [-0.25, -0.2) is 0 Å². The van der Waals surface area contributed by atoms with Crippen molar-refractivity contribution in [1.29, 1.82) is 0 Å². The SMILES string of the molecule is CC(C)N1CC2NCC(=O)C2C1. The second-order valence-electron chi connectivity index (χ2n) is 4.11. The summed E-state index contributed by atoms with van der Waals surface area (Å²) in [4.78, 5) is 13.7. The summed E-state index contributed by atoms with van der Waals surface area (Å²) in [6, 6.07) is 1.02. The lowest BCUT2D eigenvalue weighted by Crippen LogP contribution is -2.34. The zero-order valence-electron chi connectivity index (χ0n) is 7.71. The third kappa shape index (κ3) is 1.17. The quantitative estimate of drug-likeness (QED) is 0.592. The van der Waals surface area contributed by atoms with E-state index < -0.39 is 0 Å². The lowest BCUT2D eigenvalue weighted by molar-refractivity contribution is -0.119. The van der Waals surface area contributed by atoms with Gasteiger partial charge >= 0.3 is 0 Å². The van der Waals surface area contributed by atoms with Crippen molar-refractivity contribution in [3.8, 4) is 0 Å². The third-order valence-electron chi connectivity index (χ3n) is 3.03. The van der Waals surface area contributed by atoms with Gasteiger partial charge in [-0.15, -0.1) is 0 Å². The van der Waals surface area contributed by atoms with Gasteiger partial charge in [-0.3, -0.25) is 9.69 Å². The van der Waals surface area contributed by atoms with Crippen molar-refractivity contribution in [2.24, 2.45) is 5.92 Å². The van der Waals surface area contributed by atoms with Gasteiger partial charge in [0.1, 0.15) is 0 Å². The molecule has 0 amide bonds. The van der Waals surface area contributed by atoms with Gasteiger partial charge in [-0.1, -0.05) is 0 Å². The number of carbonyl (C=O) groups is 1. The van der Waals surface area contributed by atoms with Gasteiger partial charge in [0.25, 0.3) is 0 Å². The lowest BCUT2D eigenvalue weighted by Gasteiger charge is -2.20. The fourth-order valence-electron chi connectivity index (χ4n) is 2.15. The molecule has 0 spiro atoms. The Morgan fingerprint density at radius 1 is 1.50 bits per heavy atom. The molecule has 68 valence electrons. The van der Waals surface area contributed by atoms with Crippen LogP contribution in [0, 0.1) is 5.92 Å². The van der Waals surface area contributed by atoms with Crippen LogP contribution in [0.1, 0.15) is 13.8 Å². The molecule has 2 rings (SSSR count). The van der Waals surface area contributed by atoms with Crippen LogP contribution in [0.5, 0.6) is 0 Å². The van der Waals surface area contributed by atoms with Gasteiger partial charge < -0.3 is 5.32 Å². The molecular weight excluding hydrogens is 152 g/mol. The Hall–Kier alpha value is -0.410. The summed E-state index contributed by atoms with van der Waals surface area (Å²) in [5.41, 5.74) is 0. The minimum absolute atomic E-state index is 0.285. The molecular formula is C9H16N2O. The zero-order chi connectivity index (χ0) is 8.72. The first-order valence-electron chi connectivity index (χ1n) is 4.68. The first-order chi connectivity index (χ1) is 5.68. The summed E-state index contributed by atoms with van der Waals surface area (Å²) in [5.74, 6) is 0.690. The molecule has 0 saturated carbocycles. The first kappa shape index (κ1) is 8.20. The normalized spacial score (nSPS) is 36.4. The maximum absolute atomic E-state index is 11.3. The highest BCUT2D eigenvalue weighted by molar-refractivity contribution is 5.86. The molecule has 0 aromatic rings. The molecule has 1 N–H and O–H groups in total. The maximum atomic E-state index is 11.3. The van der Waals surface area contributed by atoms with Crippen LogP contribution in [-0.4, -0.2) is 42.4 Å². The molecule has 0 aliphatic carbocycles. The third-order valence-corrected chi connectivity index (χ3v) is 3.03. The molecule has 2 fully saturated rings. The van der Waals surface area contributed by atoms with Crippen LogP contribution in [0.2, 0.25) is 0 Å². The number of nitrogens with one attached hydrogen (secondary N) is 1. The fourth-order valence-corrected chi connectivity index (χ4v) is 2.15. The number of Topliss-reactive ketones (excluding diaryl/α,β-unsaturated/α-hetero) is 1. The summed E-state index contributed by atoms with van der Waals surface area (Å²) in [7, 11) is 0. The first-order valence-corrected chi connectivity index (χ1v) is 4.68. The van der Waals surface area contributed by atoms with Crippen molar-refractivity contribution < 1.29 is 4.79 Å². The van der Waals surface area contributed by atoms with Crippen molar-refractivity contribution in [2.45, 2.75) is 25.9 Å². The number of likely N-dealkylation sites (tertiary alicyclic amines) is 1. The average Bonchev–Trinajstić information content (AvgIpc) is 2.53. The van der Waals surface area contributed by atoms with Crippen molar-refractivity contribution in [2.75, 3.05) is 19.6 Å². The van der Waals surface area contributed by atoms with Crippen LogP contribution in [-0.2, 0) is 4.79 Å². The number of hydrogen-bond acceptors (Lipinski definition) is 3. The van der Waals surface area contributed by atoms with Crippen LogP contribution >= 0.6 is 0 Å². The molecule has 2 saturated heterocycles. The molecule has 0 radical (unpaired) electrons. The highest BCUT2D eigenvalue weighted by Crippen LogP contribution is 2.23. The smallest absolute Gasteiger partial charge is 0.152 e. The Labute approximate surface area is 73.1 Å². The number of ketones is 1. The summed E-state index contributed by atoms with van der Waals surface area (Å²) in [6.45, 7) is 6.99. The minimum Gasteiger partial charge on any atom is -0.305 e. The highest BCUT2D eigenvalue weighted by Gasteiger charge is 2.41. The standard InChI is InChI=1S/C9H16N2O/c1-6(2)11-4-7-8(5-11)10-3-9(7)12/h6-8,10H,3-5H2,1-2H3. The Morgan fingerprint density at radius 3 is 2.83 bits per heavy atom. The van der Waals surface area contributed by atoms with Gasteiger partial charge in [-0.05, 0) is 13.8 Å². The second kappa shape index (κ2) is 2.82. The molecule has 0 aromatic heterocycles. The van der Waals surface area contributed by atoms with Crippen LogP contribution in [0.3, 0.4) is 0 Å². The second-order valence-corrected chi connectivity index (χ2v) is 4.11. The molecule has 2 aliphatic rings. The molecule has 2 atom stereocenters. The van der Waals surface area contributed by atoms with Gasteiger partial charge in [0.2, 0.25) is 0 Å². The fraction of sp³-hybridized carbons (Fsp3) is 0.889. The molecule has 2 unspecified atom stereocenters. The molecule has 3 heteroatoms. The average molecular weight is 168 g/mol. The van der Waals surface area contributed by atoms with E-state index in [1.807, 2.05) is 0 Å². The molecule has 0 bridgehead atoms. The monoisotopic (exact) mass is 168 g/mol. The summed E-state index contributed by atoms with van der Waals surface area (Å²) >= 11 is 0. The van der Waals surface area contributed by atoms with Crippen LogP contribution < -0.4 is 5.32 Å². The number of rotatable bonds is 1. The summed E-state index contributed by atoms with van der Waals surface area (Å²) < 4.78 is 0. The predicted molar refractivity (Wildman–Crippen MR) is 47.0 cm³/mol. The van der Waals surface area contributed by atoms with Crippen LogP contribution in [0.4, 0.5) is 0 Å². The van der Waals surface area contributed by atoms with Crippen LogP contribution in [0.25, 0.3) is 0 Å². The number of nitrogens with zero attached hydrogens (tertiary/aromatic N) is 1. The Morgan fingerprint density at radius 2 is 2.25 bits per heavy atom. The van der Waals surface area contributed by atoms with Gasteiger partial charge in [0, 0.05) is 31.1 Å². The van der Waals surface area contributed by atoms with Crippen LogP contribution in [0.15, 0.2) is 0 Å². The Kier molecular flexibility index (Phi) is 1.93. The van der Waals surface area contributed by atoms with Crippen molar-refractivity contribution >= 4 is 5.78 Å². The van der Waals surface area contributed by atoms with E-state index in [0.717, 1.165) is 13.1 Å². The molecule has 0 aromatic carbocycles. The Balaban J connectivity index is 2.03. The zero-order valence-corrected chi connectivity index (χ0v) is 7.71. The van der Waals surface area contributed by atoms with E-state index >= 15 is 0 Å².